The third-order valence-electron chi connectivity index (χ3n) is 3.97. The highest BCUT2D eigenvalue weighted by Crippen LogP contribution is 2.27. The summed E-state index contributed by atoms with van der Waals surface area (Å²) in [4.78, 5) is 12.0. The van der Waals surface area contributed by atoms with E-state index in [2.05, 4.69) is 15.8 Å². The fourth-order valence-electron chi connectivity index (χ4n) is 2.71. The molecule has 0 spiro atoms. The second-order valence-corrected chi connectivity index (χ2v) is 6.09. The number of hydrogen-bond acceptors (Lipinski definition) is 6. The quantitative estimate of drug-likeness (QED) is 0.533. The first kappa shape index (κ1) is 18.7. The van der Waals surface area contributed by atoms with Crippen LogP contribution in [0.4, 0.5) is 0 Å². The Hall–Kier alpha value is -2.59. The molecule has 7 nitrogen and oxygen atoms in total. The molecule has 25 heavy (non-hydrogen) atoms. The Bertz CT molecular complexity index is 705. The first-order valence-electron chi connectivity index (χ1n) is 7.99. The van der Waals surface area contributed by atoms with Crippen molar-refractivity contribution in [3.05, 3.63) is 28.8 Å². The van der Waals surface area contributed by atoms with Gasteiger partial charge in [0, 0.05) is 19.2 Å². The second kappa shape index (κ2) is 9.04. The maximum absolute atomic E-state index is 12.0. The molecule has 1 saturated carbocycles. The van der Waals surface area contributed by atoms with E-state index < -0.39 is 0 Å². The number of halogens is 1. The Morgan fingerprint density at radius 3 is 2.72 bits per heavy atom. The normalized spacial score (nSPS) is 20.3. The lowest BCUT2D eigenvalue weighted by Gasteiger charge is -2.29. The Morgan fingerprint density at radius 2 is 2.16 bits per heavy atom. The van der Waals surface area contributed by atoms with Crippen LogP contribution in [0, 0.1) is 16.7 Å². The zero-order valence-corrected chi connectivity index (χ0v) is 14.6. The number of benzene rings is 1. The van der Waals surface area contributed by atoms with E-state index in [4.69, 9.17) is 27.0 Å². The van der Waals surface area contributed by atoms with E-state index >= 15 is 0 Å². The summed E-state index contributed by atoms with van der Waals surface area (Å²) >= 11 is 6.01. The first-order valence-corrected chi connectivity index (χ1v) is 8.37. The van der Waals surface area contributed by atoms with Gasteiger partial charge in [0.15, 0.2) is 5.71 Å². The summed E-state index contributed by atoms with van der Waals surface area (Å²) in [5.41, 5.74) is 2.98. The number of nitriles is 1. The fraction of sp³-hybridized carbons (Fsp3) is 0.412. The standard InChI is InChI=1S/C17H20ClN5O2/c1-21-23-16(10-20)17(24)22-12-3-6-13(7-4-12)25-14-5-2-11(9-19)15(18)8-14/h2,5,8,10,12-13,20-21H,3-4,6-7H2,1H3,(H,22,24)/b20-10?,23-16+. The van der Waals surface area contributed by atoms with Crippen LogP contribution >= 0.6 is 11.6 Å². The SMILES string of the molecule is CN/N=C(\C=N)C(=O)NC1CCC(Oc2ccc(C#N)c(Cl)c2)CC1. The molecule has 1 aliphatic carbocycles. The van der Waals surface area contributed by atoms with Crippen molar-refractivity contribution in [1.82, 2.24) is 10.7 Å². The average Bonchev–Trinajstić information content (AvgIpc) is 2.61. The van der Waals surface area contributed by atoms with Crippen molar-refractivity contribution in [2.75, 3.05) is 7.05 Å². The van der Waals surface area contributed by atoms with Gasteiger partial charge in [0.25, 0.3) is 5.91 Å². The molecule has 0 aromatic heterocycles. The minimum Gasteiger partial charge on any atom is -0.490 e. The van der Waals surface area contributed by atoms with Crippen molar-refractivity contribution in [3.63, 3.8) is 0 Å². The molecule has 2 rings (SSSR count). The molecule has 1 aromatic rings. The van der Waals surface area contributed by atoms with Crippen LogP contribution in [0.25, 0.3) is 0 Å². The van der Waals surface area contributed by atoms with Crippen LogP contribution in [-0.4, -0.2) is 37.0 Å². The van der Waals surface area contributed by atoms with Crippen molar-refractivity contribution < 1.29 is 9.53 Å². The van der Waals surface area contributed by atoms with Gasteiger partial charge >= 0.3 is 0 Å². The highest BCUT2D eigenvalue weighted by Gasteiger charge is 2.24. The van der Waals surface area contributed by atoms with E-state index in [0.717, 1.165) is 31.9 Å². The molecule has 1 fully saturated rings. The van der Waals surface area contributed by atoms with E-state index in [1.54, 1.807) is 25.2 Å². The monoisotopic (exact) mass is 361 g/mol. The Morgan fingerprint density at radius 1 is 1.44 bits per heavy atom. The van der Waals surface area contributed by atoms with Gasteiger partial charge < -0.3 is 20.9 Å². The molecule has 1 aromatic carbocycles. The Kier molecular flexibility index (Phi) is 6.78. The van der Waals surface area contributed by atoms with Crippen LogP contribution in [0.1, 0.15) is 31.2 Å². The maximum Gasteiger partial charge on any atom is 0.273 e. The number of nitrogens with zero attached hydrogens (tertiary/aromatic N) is 2. The number of carbonyl (C=O) groups is 1. The molecule has 0 radical (unpaired) electrons. The number of hydrazone groups is 1. The van der Waals surface area contributed by atoms with E-state index in [-0.39, 0.29) is 23.8 Å². The molecule has 0 atom stereocenters. The number of hydrogen-bond donors (Lipinski definition) is 3. The molecule has 1 aliphatic rings. The summed E-state index contributed by atoms with van der Waals surface area (Å²) < 4.78 is 5.92. The molecule has 0 unspecified atom stereocenters. The third-order valence-corrected chi connectivity index (χ3v) is 4.29. The zero-order valence-electron chi connectivity index (χ0n) is 13.9. The predicted molar refractivity (Wildman–Crippen MR) is 96.3 cm³/mol. The van der Waals surface area contributed by atoms with Crippen LogP contribution in [-0.2, 0) is 4.79 Å². The Labute approximate surface area is 151 Å². The predicted octanol–water partition coefficient (Wildman–Crippen LogP) is 2.24. The highest BCUT2D eigenvalue weighted by molar-refractivity contribution is 6.60. The highest BCUT2D eigenvalue weighted by atomic mass is 35.5. The van der Waals surface area contributed by atoms with E-state index in [9.17, 15) is 4.79 Å². The van der Waals surface area contributed by atoms with Crippen LogP contribution in [0.15, 0.2) is 23.3 Å². The van der Waals surface area contributed by atoms with Gasteiger partial charge in [-0.1, -0.05) is 11.6 Å². The Balaban J connectivity index is 1.84. The van der Waals surface area contributed by atoms with Gasteiger partial charge in [0.05, 0.1) is 22.9 Å². The number of carbonyl (C=O) groups excluding carboxylic acids is 1. The molecule has 0 heterocycles. The van der Waals surface area contributed by atoms with Crippen LogP contribution in [0.3, 0.4) is 0 Å². The van der Waals surface area contributed by atoms with Crippen molar-refractivity contribution in [2.45, 2.75) is 37.8 Å². The zero-order chi connectivity index (χ0) is 18.2. The van der Waals surface area contributed by atoms with Crippen LogP contribution in [0.2, 0.25) is 5.02 Å². The molecule has 8 heteroatoms. The number of amides is 1. The number of ether oxygens (including phenoxy) is 1. The van der Waals surface area contributed by atoms with Crippen molar-refractivity contribution >= 4 is 29.4 Å². The van der Waals surface area contributed by atoms with Crippen molar-refractivity contribution in [3.8, 4) is 11.8 Å². The summed E-state index contributed by atoms with van der Waals surface area (Å²) in [5, 5.41) is 23.1. The summed E-state index contributed by atoms with van der Waals surface area (Å²) in [6.45, 7) is 0. The van der Waals surface area contributed by atoms with Gasteiger partial charge in [-0.15, -0.1) is 0 Å². The lowest BCUT2D eigenvalue weighted by Crippen LogP contribution is -2.43. The van der Waals surface area contributed by atoms with Crippen molar-refractivity contribution in [2.24, 2.45) is 5.10 Å². The number of nitrogens with one attached hydrogen (secondary N) is 3. The molecular weight excluding hydrogens is 342 g/mol. The lowest BCUT2D eigenvalue weighted by molar-refractivity contribution is -0.115. The van der Waals surface area contributed by atoms with Crippen LogP contribution in [0.5, 0.6) is 5.75 Å². The van der Waals surface area contributed by atoms with Crippen LogP contribution < -0.4 is 15.5 Å². The molecule has 0 bridgehead atoms. The minimum absolute atomic E-state index is 0.0407. The van der Waals surface area contributed by atoms with Gasteiger partial charge in [-0.3, -0.25) is 4.79 Å². The minimum atomic E-state index is -0.354. The van der Waals surface area contributed by atoms with Crippen molar-refractivity contribution in [1.29, 1.82) is 10.7 Å². The summed E-state index contributed by atoms with van der Waals surface area (Å²) in [6, 6.07) is 7.09. The van der Waals surface area contributed by atoms with E-state index in [1.807, 2.05) is 6.07 Å². The lowest BCUT2D eigenvalue weighted by atomic mass is 9.92. The fourth-order valence-corrected chi connectivity index (χ4v) is 2.92. The largest absolute Gasteiger partial charge is 0.490 e. The van der Waals surface area contributed by atoms with Gasteiger partial charge in [0.2, 0.25) is 0 Å². The summed E-state index contributed by atoms with van der Waals surface area (Å²) in [5.74, 6) is 0.288. The molecule has 0 aliphatic heterocycles. The van der Waals surface area contributed by atoms with Gasteiger partial charge in [0.1, 0.15) is 11.8 Å². The topological polar surface area (TPSA) is 110 Å². The van der Waals surface area contributed by atoms with E-state index in [1.165, 1.54) is 0 Å². The number of rotatable bonds is 6. The molecule has 0 saturated heterocycles. The summed E-state index contributed by atoms with van der Waals surface area (Å²) in [6.07, 6.45) is 4.13. The van der Waals surface area contributed by atoms with Gasteiger partial charge in [-0.05, 0) is 37.8 Å². The molecule has 3 N–H and O–H groups in total. The smallest absolute Gasteiger partial charge is 0.273 e. The molecule has 132 valence electrons. The average molecular weight is 362 g/mol. The second-order valence-electron chi connectivity index (χ2n) is 5.68. The first-order chi connectivity index (χ1) is 12.1. The summed E-state index contributed by atoms with van der Waals surface area (Å²) in [7, 11) is 1.58. The maximum atomic E-state index is 12.0. The molecular formula is C17H20ClN5O2. The molecule has 1 amide bonds. The van der Waals surface area contributed by atoms with Gasteiger partial charge in [-0.25, -0.2) is 0 Å². The van der Waals surface area contributed by atoms with Gasteiger partial charge in [-0.2, -0.15) is 10.4 Å². The van der Waals surface area contributed by atoms with E-state index in [0.29, 0.717) is 16.3 Å². The third kappa shape index (κ3) is 5.19.